The second-order valence-electron chi connectivity index (χ2n) is 5.10. The molecule has 0 aromatic heterocycles. The van der Waals surface area contributed by atoms with E-state index in [1.165, 1.54) is 6.07 Å². The number of rotatable bonds is 3. The van der Waals surface area contributed by atoms with Crippen molar-refractivity contribution in [1.82, 2.24) is 0 Å². The predicted molar refractivity (Wildman–Crippen MR) is 86.2 cm³/mol. The van der Waals surface area contributed by atoms with Gasteiger partial charge in [-0.25, -0.2) is 13.6 Å². The zero-order chi connectivity index (χ0) is 15.8. The molecular formula is C15H19N3O2S. The normalized spacial score (nSPS) is 11.4. The first-order chi connectivity index (χ1) is 9.70. The van der Waals surface area contributed by atoms with Gasteiger partial charge in [-0.15, -0.1) is 0 Å². The summed E-state index contributed by atoms with van der Waals surface area (Å²) in [5, 5.41) is 5.25. The fourth-order valence-corrected chi connectivity index (χ4v) is 3.08. The van der Waals surface area contributed by atoms with E-state index in [0.717, 1.165) is 11.3 Å². The molecule has 0 radical (unpaired) electrons. The van der Waals surface area contributed by atoms with Gasteiger partial charge >= 0.3 is 0 Å². The maximum absolute atomic E-state index is 11.7. The van der Waals surface area contributed by atoms with Crippen LogP contribution in [0.5, 0.6) is 0 Å². The largest absolute Gasteiger partial charge is 0.399 e. The van der Waals surface area contributed by atoms with Crippen molar-refractivity contribution in [1.29, 1.82) is 0 Å². The van der Waals surface area contributed by atoms with Gasteiger partial charge in [0.2, 0.25) is 10.0 Å². The number of nitrogens with zero attached hydrogens (tertiary/aromatic N) is 1. The summed E-state index contributed by atoms with van der Waals surface area (Å²) >= 11 is 0. The Bertz CT molecular complexity index is 768. The number of nitrogen functional groups attached to an aromatic ring is 1. The van der Waals surface area contributed by atoms with Gasteiger partial charge in [-0.05, 0) is 43.7 Å². The molecule has 0 saturated carbocycles. The van der Waals surface area contributed by atoms with Crippen LogP contribution >= 0.6 is 0 Å². The third-order valence-corrected chi connectivity index (χ3v) is 4.48. The van der Waals surface area contributed by atoms with Crippen LogP contribution in [-0.2, 0) is 10.0 Å². The topological polar surface area (TPSA) is 89.4 Å². The van der Waals surface area contributed by atoms with E-state index in [0.29, 0.717) is 16.9 Å². The van der Waals surface area contributed by atoms with Gasteiger partial charge in [0, 0.05) is 24.1 Å². The minimum atomic E-state index is -3.81. The van der Waals surface area contributed by atoms with E-state index in [-0.39, 0.29) is 4.90 Å². The maximum Gasteiger partial charge on any atom is 0.238 e. The van der Waals surface area contributed by atoms with E-state index < -0.39 is 10.0 Å². The number of anilines is 3. The van der Waals surface area contributed by atoms with E-state index >= 15 is 0 Å². The van der Waals surface area contributed by atoms with Crippen molar-refractivity contribution in [2.24, 2.45) is 5.14 Å². The number of sulfonamides is 1. The maximum atomic E-state index is 11.7. The Hall–Kier alpha value is -2.05. The summed E-state index contributed by atoms with van der Waals surface area (Å²) in [7, 11) is -1.95. The van der Waals surface area contributed by atoms with Crippen molar-refractivity contribution in [3.8, 4) is 0 Å². The van der Waals surface area contributed by atoms with Crippen molar-refractivity contribution < 1.29 is 8.42 Å². The average Bonchev–Trinajstić information content (AvgIpc) is 2.40. The molecule has 0 atom stereocenters. The molecule has 5 nitrogen and oxygen atoms in total. The number of nitrogens with two attached hydrogens (primary N) is 2. The minimum absolute atomic E-state index is 0.0523. The summed E-state index contributed by atoms with van der Waals surface area (Å²) < 4.78 is 23.3. The van der Waals surface area contributed by atoms with E-state index in [9.17, 15) is 8.42 Å². The van der Waals surface area contributed by atoms with E-state index in [1.807, 2.05) is 43.1 Å². The first-order valence-corrected chi connectivity index (χ1v) is 7.98. The lowest BCUT2D eigenvalue weighted by Gasteiger charge is -2.23. The second-order valence-corrected chi connectivity index (χ2v) is 6.63. The van der Waals surface area contributed by atoms with Gasteiger partial charge in [0.05, 0.1) is 4.90 Å². The summed E-state index contributed by atoms with van der Waals surface area (Å²) in [6.45, 7) is 3.73. The summed E-state index contributed by atoms with van der Waals surface area (Å²) in [4.78, 5) is 1.94. The zero-order valence-corrected chi connectivity index (χ0v) is 13.1. The van der Waals surface area contributed by atoms with Crippen molar-refractivity contribution in [2.45, 2.75) is 18.7 Å². The molecule has 0 aliphatic heterocycles. The summed E-state index contributed by atoms with van der Waals surface area (Å²) in [6.07, 6.45) is 0. The molecule has 0 spiro atoms. The van der Waals surface area contributed by atoms with E-state index in [4.69, 9.17) is 10.9 Å². The SMILES string of the molecule is Cc1ccc(N(C)c2cc(N)cc(S(N)(=O)=O)c2C)cc1. The van der Waals surface area contributed by atoms with Gasteiger partial charge in [0.15, 0.2) is 0 Å². The molecule has 2 rings (SSSR count). The van der Waals surface area contributed by atoms with Crippen molar-refractivity contribution in [2.75, 3.05) is 17.7 Å². The van der Waals surface area contributed by atoms with Crippen LogP contribution in [0.4, 0.5) is 17.1 Å². The number of aryl methyl sites for hydroxylation is 1. The smallest absolute Gasteiger partial charge is 0.238 e. The Balaban J connectivity index is 2.58. The van der Waals surface area contributed by atoms with Crippen molar-refractivity contribution in [3.63, 3.8) is 0 Å². The highest BCUT2D eigenvalue weighted by atomic mass is 32.2. The van der Waals surface area contributed by atoms with Crippen LogP contribution in [0.2, 0.25) is 0 Å². The van der Waals surface area contributed by atoms with Crippen LogP contribution in [0.1, 0.15) is 11.1 Å². The van der Waals surface area contributed by atoms with Gasteiger partial charge < -0.3 is 10.6 Å². The summed E-state index contributed by atoms with van der Waals surface area (Å²) in [6, 6.07) is 11.0. The Morgan fingerprint density at radius 1 is 1.05 bits per heavy atom. The van der Waals surface area contributed by atoms with Crippen LogP contribution in [-0.4, -0.2) is 15.5 Å². The van der Waals surface area contributed by atoms with E-state index in [1.54, 1.807) is 13.0 Å². The quantitative estimate of drug-likeness (QED) is 0.851. The highest BCUT2D eigenvalue weighted by Gasteiger charge is 2.18. The second kappa shape index (κ2) is 5.38. The number of hydrogen-bond acceptors (Lipinski definition) is 4. The summed E-state index contributed by atoms with van der Waals surface area (Å²) in [5.74, 6) is 0. The van der Waals surface area contributed by atoms with Crippen LogP contribution < -0.4 is 15.8 Å². The van der Waals surface area contributed by atoms with Gasteiger partial charge in [0.1, 0.15) is 0 Å². The third kappa shape index (κ3) is 3.17. The molecule has 0 aliphatic rings. The molecule has 0 fully saturated rings. The third-order valence-electron chi connectivity index (χ3n) is 3.44. The van der Waals surface area contributed by atoms with Gasteiger partial charge in [-0.3, -0.25) is 0 Å². The molecule has 0 aliphatic carbocycles. The number of primary sulfonamides is 1. The van der Waals surface area contributed by atoms with Gasteiger partial charge in [0.25, 0.3) is 0 Å². The van der Waals surface area contributed by atoms with Crippen LogP contribution in [0.25, 0.3) is 0 Å². The van der Waals surface area contributed by atoms with Crippen LogP contribution in [0.15, 0.2) is 41.3 Å². The molecule has 112 valence electrons. The molecule has 2 aromatic rings. The van der Waals surface area contributed by atoms with Crippen LogP contribution in [0.3, 0.4) is 0 Å². The minimum Gasteiger partial charge on any atom is -0.399 e. The first kappa shape index (κ1) is 15.3. The molecule has 0 heterocycles. The molecule has 0 amide bonds. The fourth-order valence-electron chi connectivity index (χ4n) is 2.25. The van der Waals surface area contributed by atoms with Gasteiger partial charge in [-0.1, -0.05) is 17.7 Å². The molecule has 0 unspecified atom stereocenters. The fraction of sp³-hybridized carbons (Fsp3) is 0.200. The van der Waals surface area contributed by atoms with Crippen molar-refractivity contribution >= 4 is 27.1 Å². The lowest BCUT2D eigenvalue weighted by molar-refractivity contribution is 0.597. The lowest BCUT2D eigenvalue weighted by Crippen LogP contribution is -2.17. The predicted octanol–water partition coefficient (Wildman–Crippen LogP) is 2.30. The molecule has 6 heteroatoms. The van der Waals surface area contributed by atoms with E-state index in [2.05, 4.69) is 0 Å². The molecule has 0 bridgehead atoms. The van der Waals surface area contributed by atoms with Crippen molar-refractivity contribution in [3.05, 3.63) is 47.5 Å². The lowest BCUT2D eigenvalue weighted by atomic mass is 10.1. The average molecular weight is 305 g/mol. The molecule has 0 saturated heterocycles. The molecule has 2 aromatic carbocycles. The number of hydrogen-bond donors (Lipinski definition) is 2. The highest BCUT2D eigenvalue weighted by molar-refractivity contribution is 7.89. The monoisotopic (exact) mass is 305 g/mol. The molecule has 4 N–H and O–H groups in total. The Morgan fingerprint density at radius 3 is 2.14 bits per heavy atom. The first-order valence-electron chi connectivity index (χ1n) is 6.43. The zero-order valence-electron chi connectivity index (χ0n) is 12.3. The molecule has 21 heavy (non-hydrogen) atoms. The number of benzene rings is 2. The highest BCUT2D eigenvalue weighted by Crippen LogP contribution is 2.32. The Kier molecular flexibility index (Phi) is 3.93. The molecular weight excluding hydrogens is 286 g/mol. The Morgan fingerprint density at radius 2 is 1.62 bits per heavy atom. The van der Waals surface area contributed by atoms with Gasteiger partial charge in [-0.2, -0.15) is 0 Å². The van der Waals surface area contributed by atoms with Crippen LogP contribution in [0, 0.1) is 13.8 Å². The Labute approximate surface area is 125 Å². The standard InChI is InChI=1S/C15H19N3O2S/c1-10-4-6-13(7-5-10)18(3)14-8-12(16)9-15(11(14)2)21(17,19)20/h4-9H,16H2,1-3H3,(H2,17,19,20). The summed E-state index contributed by atoms with van der Waals surface area (Å²) in [5.41, 5.74) is 9.56.